The highest BCUT2D eigenvalue weighted by atomic mass is 16.1. The third kappa shape index (κ3) is 4.49. The van der Waals surface area contributed by atoms with Crippen molar-refractivity contribution >= 4 is 5.91 Å². The number of hydrogen-bond acceptors (Lipinski definition) is 2. The van der Waals surface area contributed by atoms with E-state index in [1.165, 1.54) is 0 Å². The number of nitrogens with one attached hydrogen (secondary N) is 1. The van der Waals surface area contributed by atoms with Crippen LogP contribution in [0.15, 0.2) is 18.5 Å². The average molecular weight is 223 g/mol. The molecule has 0 saturated heterocycles. The van der Waals surface area contributed by atoms with Gasteiger partial charge in [0, 0.05) is 32.4 Å². The van der Waals surface area contributed by atoms with Gasteiger partial charge in [0.1, 0.15) is 0 Å². The number of rotatable bonds is 6. The molecule has 0 aliphatic heterocycles. The summed E-state index contributed by atoms with van der Waals surface area (Å²) in [6.07, 6.45) is 5.39. The Morgan fingerprint density at radius 1 is 1.62 bits per heavy atom. The second-order valence-electron chi connectivity index (χ2n) is 4.34. The van der Waals surface area contributed by atoms with Crippen molar-refractivity contribution in [2.75, 3.05) is 6.54 Å². The third-order valence-corrected chi connectivity index (χ3v) is 2.65. The predicted octanol–water partition coefficient (Wildman–Crippen LogP) is 1.02. The van der Waals surface area contributed by atoms with Crippen molar-refractivity contribution in [2.45, 2.75) is 26.3 Å². The Kier molecular flexibility index (Phi) is 5.05. The number of aryl methyl sites for hydroxylation is 1. The Balaban J connectivity index is 2.20. The van der Waals surface area contributed by atoms with Crippen molar-refractivity contribution in [1.29, 1.82) is 0 Å². The maximum Gasteiger partial charge on any atom is 0.220 e. The monoisotopic (exact) mass is 223 g/mol. The quantitative estimate of drug-likeness (QED) is 0.756. The molecule has 3 N–H and O–H groups in total. The van der Waals surface area contributed by atoms with Crippen LogP contribution in [-0.2, 0) is 18.4 Å². The van der Waals surface area contributed by atoms with E-state index in [9.17, 15) is 4.79 Å². The van der Waals surface area contributed by atoms with Crippen LogP contribution in [0.2, 0.25) is 0 Å². The normalized spacial score (nSPS) is 12.4. The topological polar surface area (TPSA) is 60.1 Å². The van der Waals surface area contributed by atoms with E-state index < -0.39 is 0 Å². The van der Waals surface area contributed by atoms with E-state index in [1.54, 1.807) is 0 Å². The van der Waals surface area contributed by atoms with Crippen LogP contribution >= 0.6 is 0 Å². The van der Waals surface area contributed by atoms with Gasteiger partial charge in [0.15, 0.2) is 0 Å². The summed E-state index contributed by atoms with van der Waals surface area (Å²) in [5.41, 5.74) is 6.62. The SMILES string of the molecule is CC(CN)CCC(=O)NCc1ccn(C)c1. The first-order chi connectivity index (χ1) is 7.61. The van der Waals surface area contributed by atoms with Gasteiger partial charge in [-0.2, -0.15) is 0 Å². The minimum absolute atomic E-state index is 0.101. The molecular weight excluding hydrogens is 202 g/mol. The fraction of sp³-hybridized carbons (Fsp3) is 0.583. The second kappa shape index (κ2) is 6.33. The molecule has 1 heterocycles. The fourth-order valence-electron chi connectivity index (χ4n) is 1.45. The summed E-state index contributed by atoms with van der Waals surface area (Å²) in [6, 6.07) is 2.00. The van der Waals surface area contributed by atoms with Gasteiger partial charge < -0.3 is 15.6 Å². The van der Waals surface area contributed by atoms with Gasteiger partial charge in [0.05, 0.1) is 0 Å². The van der Waals surface area contributed by atoms with Crippen molar-refractivity contribution < 1.29 is 4.79 Å². The molecule has 16 heavy (non-hydrogen) atoms. The molecular formula is C12H21N3O. The van der Waals surface area contributed by atoms with E-state index >= 15 is 0 Å². The lowest BCUT2D eigenvalue weighted by Crippen LogP contribution is -2.23. The number of hydrogen-bond donors (Lipinski definition) is 2. The molecule has 0 aliphatic carbocycles. The molecule has 0 radical (unpaired) electrons. The number of nitrogens with two attached hydrogens (primary N) is 1. The molecule has 0 aromatic carbocycles. The second-order valence-corrected chi connectivity index (χ2v) is 4.34. The van der Waals surface area contributed by atoms with Gasteiger partial charge in [-0.25, -0.2) is 0 Å². The van der Waals surface area contributed by atoms with Crippen LogP contribution in [0.5, 0.6) is 0 Å². The molecule has 1 amide bonds. The standard InChI is InChI=1S/C12H21N3O/c1-10(7-13)3-4-12(16)14-8-11-5-6-15(2)9-11/h5-6,9-10H,3-4,7-8,13H2,1-2H3,(H,14,16). The van der Waals surface area contributed by atoms with Crippen LogP contribution in [0.3, 0.4) is 0 Å². The lowest BCUT2D eigenvalue weighted by Gasteiger charge is -2.08. The van der Waals surface area contributed by atoms with Gasteiger partial charge >= 0.3 is 0 Å². The number of carbonyl (C=O) groups excluding carboxylic acids is 1. The van der Waals surface area contributed by atoms with E-state index in [0.717, 1.165) is 12.0 Å². The lowest BCUT2D eigenvalue weighted by molar-refractivity contribution is -0.121. The van der Waals surface area contributed by atoms with Gasteiger partial charge in [-0.1, -0.05) is 6.92 Å². The van der Waals surface area contributed by atoms with E-state index in [1.807, 2.05) is 30.1 Å². The largest absolute Gasteiger partial charge is 0.357 e. The molecule has 1 aromatic rings. The Labute approximate surface area is 96.8 Å². The molecule has 0 bridgehead atoms. The number of amides is 1. The molecule has 1 aromatic heterocycles. The zero-order valence-electron chi connectivity index (χ0n) is 10.1. The van der Waals surface area contributed by atoms with Crippen LogP contribution in [0, 0.1) is 5.92 Å². The third-order valence-electron chi connectivity index (χ3n) is 2.65. The highest BCUT2D eigenvalue weighted by molar-refractivity contribution is 5.75. The average Bonchev–Trinajstić information content (AvgIpc) is 2.69. The number of aromatic nitrogens is 1. The molecule has 0 aliphatic rings. The molecule has 1 unspecified atom stereocenters. The summed E-state index contributed by atoms with van der Waals surface area (Å²) in [7, 11) is 1.97. The molecule has 0 fully saturated rings. The molecule has 0 spiro atoms. The van der Waals surface area contributed by atoms with Crippen molar-refractivity contribution in [3.05, 3.63) is 24.0 Å². The van der Waals surface area contributed by atoms with Crippen LogP contribution in [-0.4, -0.2) is 17.0 Å². The van der Waals surface area contributed by atoms with E-state index in [4.69, 9.17) is 5.73 Å². The van der Waals surface area contributed by atoms with Crippen molar-refractivity contribution in [3.63, 3.8) is 0 Å². The van der Waals surface area contributed by atoms with Gasteiger partial charge in [0.2, 0.25) is 5.91 Å². The fourth-order valence-corrected chi connectivity index (χ4v) is 1.45. The summed E-state index contributed by atoms with van der Waals surface area (Å²) in [5, 5.41) is 2.90. The summed E-state index contributed by atoms with van der Waals surface area (Å²) in [6.45, 7) is 3.31. The van der Waals surface area contributed by atoms with Crippen molar-refractivity contribution in [2.24, 2.45) is 18.7 Å². The van der Waals surface area contributed by atoms with Gasteiger partial charge in [-0.3, -0.25) is 4.79 Å². The summed E-state index contributed by atoms with van der Waals surface area (Å²) in [4.78, 5) is 11.5. The van der Waals surface area contributed by atoms with Crippen LogP contribution in [0.4, 0.5) is 0 Å². The van der Waals surface area contributed by atoms with E-state index in [0.29, 0.717) is 25.4 Å². The van der Waals surface area contributed by atoms with Crippen LogP contribution in [0.1, 0.15) is 25.3 Å². The molecule has 4 heteroatoms. The van der Waals surface area contributed by atoms with Gasteiger partial charge in [0.25, 0.3) is 0 Å². The smallest absolute Gasteiger partial charge is 0.220 e. The minimum atomic E-state index is 0.101. The molecule has 1 rings (SSSR count). The first-order valence-electron chi connectivity index (χ1n) is 5.69. The Morgan fingerprint density at radius 3 is 2.94 bits per heavy atom. The first-order valence-corrected chi connectivity index (χ1v) is 5.69. The summed E-state index contributed by atoms with van der Waals surface area (Å²) in [5.74, 6) is 0.520. The van der Waals surface area contributed by atoms with Crippen molar-refractivity contribution in [3.8, 4) is 0 Å². The molecule has 0 saturated carbocycles. The highest BCUT2D eigenvalue weighted by Crippen LogP contribution is 2.03. The number of nitrogens with zero attached hydrogens (tertiary/aromatic N) is 1. The highest BCUT2D eigenvalue weighted by Gasteiger charge is 2.05. The molecule has 4 nitrogen and oxygen atoms in total. The first kappa shape index (κ1) is 12.8. The number of carbonyl (C=O) groups is 1. The van der Waals surface area contributed by atoms with Gasteiger partial charge in [-0.15, -0.1) is 0 Å². The van der Waals surface area contributed by atoms with Crippen LogP contribution < -0.4 is 11.1 Å². The zero-order chi connectivity index (χ0) is 12.0. The maximum absolute atomic E-state index is 11.5. The minimum Gasteiger partial charge on any atom is -0.357 e. The predicted molar refractivity (Wildman–Crippen MR) is 64.7 cm³/mol. The Morgan fingerprint density at radius 2 is 2.38 bits per heavy atom. The maximum atomic E-state index is 11.5. The van der Waals surface area contributed by atoms with Gasteiger partial charge in [-0.05, 0) is 30.5 Å². The Hall–Kier alpha value is -1.29. The van der Waals surface area contributed by atoms with E-state index in [2.05, 4.69) is 12.2 Å². The summed E-state index contributed by atoms with van der Waals surface area (Å²) >= 11 is 0. The van der Waals surface area contributed by atoms with Crippen LogP contribution in [0.25, 0.3) is 0 Å². The molecule has 1 atom stereocenters. The zero-order valence-corrected chi connectivity index (χ0v) is 10.1. The van der Waals surface area contributed by atoms with Crippen molar-refractivity contribution in [1.82, 2.24) is 9.88 Å². The van der Waals surface area contributed by atoms with E-state index in [-0.39, 0.29) is 5.91 Å². The lowest BCUT2D eigenvalue weighted by atomic mass is 10.1. The summed E-state index contributed by atoms with van der Waals surface area (Å²) < 4.78 is 1.97. The Bertz CT molecular complexity index is 333. The molecule has 90 valence electrons.